The minimum atomic E-state index is -0.763. The van der Waals surface area contributed by atoms with Gasteiger partial charge in [-0.3, -0.25) is 14.4 Å². The topological polar surface area (TPSA) is 140 Å². The first kappa shape index (κ1) is 22.0. The minimum absolute atomic E-state index is 0.00205. The molecule has 0 saturated heterocycles. The molecule has 27 heavy (non-hydrogen) atoms. The monoisotopic (exact) mass is 400 g/mol. The minimum Gasteiger partial charge on any atom is -0.495 e. The molecule has 0 saturated carbocycles. The van der Waals surface area contributed by atoms with Crippen LogP contribution in [0.5, 0.6) is 5.75 Å². The first-order chi connectivity index (χ1) is 12.7. The molecular weight excluding hydrogens is 380 g/mol. The van der Waals surface area contributed by atoms with Crippen LogP contribution >= 0.6 is 11.6 Å². The van der Waals surface area contributed by atoms with E-state index in [9.17, 15) is 19.2 Å². The van der Waals surface area contributed by atoms with Crippen molar-refractivity contribution in [3.05, 3.63) is 23.2 Å². The van der Waals surface area contributed by atoms with Crippen LogP contribution in [0.2, 0.25) is 5.02 Å². The number of carbonyl (C=O) groups excluding carboxylic acids is 4. The summed E-state index contributed by atoms with van der Waals surface area (Å²) in [7, 11) is 2.83. The number of primary amides is 1. The van der Waals surface area contributed by atoms with Crippen LogP contribution in [0.3, 0.4) is 0 Å². The van der Waals surface area contributed by atoms with Crippen molar-refractivity contribution < 1.29 is 28.7 Å². The van der Waals surface area contributed by atoms with Crippen molar-refractivity contribution >= 4 is 41.1 Å². The molecule has 148 valence electrons. The second-order valence-corrected chi connectivity index (χ2v) is 5.78. The predicted molar refractivity (Wildman–Crippen MR) is 97.4 cm³/mol. The number of esters is 1. The Labute approximate surface area is 160 Å². The Hall–Kier alpha value is -3.01. The lowest BCUT2D eigenvalue weighted by atomic mass is 10.3. The van der Waals surface area contributed by atoms with E-state index in [2.05, 4.69) is 10.6 Å². The van der Waals surface area contributed by atoms with Gasteiger partial charge in [0.2, 0.25) is 5.91 Å². The maximum atomic E-state index is 12.1. The number of ether oxygens (including phenoxy) is 2. The zero-order valence-electron chi connectivity index (χ0n) is 14.9. The SMILES string of the molecule is COc1ccc(Cl)cc1NC(=O)CN(C)C(=O)COC(=O)CCNC(N)=O. The van der Waals surface area contributed by atoms with Gasteiger partial charge in [-0.25, -0.2) is 4.79 Å². The highest BCUT2D eigenvalue weighted by atomic mass is 35.5. The number of nitrogens with zero attached hydrogens (tertiary/aromatic N) is 1. The summed E-state index contributed by atoms with van der Waals surface area (Å²) in [6.45, 7) is -0.795. The molecule has 0 aliphatic rings. The van der Waals surface area contributed by atoms with Crippen molar-refractivity contribution in [1.82, 2.24) is 10.2 Å². The molecule has 0 aliphatic carbocycles. The quantitative estimate of drug-likeness (QED) is 0.511. The summed E-state index contributed by atoms with van der Waals surface area (Å²) >= 11 is 5.89. The van der Waals surface area contributed by atoms with E-state index < -0.39 is 30.4 Å². The number of benzene rings is 1. The van der Waals surface area contributed by atoms with Crippen LogP contribution in [-0.2, 0) is 19.1 Å². The van der Waals surface area contributed by atoms with Gasteiger partial charge in [0.25, 0.3) is 5.91 Å². The molecular formula is C16H21ClN4O6. The summed E-state index contributed by atoms with van der Waals surface area (Å²) in [6.07, 6.45) is -0.130. The van der Waals surface area contributed by atoms with Gasteiger partial charge in [0.15, 0.2) is 6.61 Å². The number of hydrogen-bond donors (Lipinski definition) is 3. The third kappa shape index (κ3) is 8.27. The second-order valence-electron chi connectivity index (χ2n) is 5.34. The number of nitrogens with two attached hydrogens (primary N) is 1. The van der Waals surface area contributed by atoms with Gasteiger partial charge in [0, 0.05) is 18.6 Å². The molecule has 1 aromatic rings. The van der Waals surface area contributed by atoms with E-state index >= 15 is 0 Å². The molecule has 1 rings (SSSR count). The van der Waals surface area contributed by atoms with Crippen molar-refractivity contribution in [1.29, 1.82) is 0 Å². The standard InChI is InChI=1S/C16H21ClN4O6/c1-21(14(23)9-27-15(24)5-6-19-16(18)25)8-13(22)20-11-7-10(17)3-4-12(11)26-2/h3-4,7H,5-6,8-9H2,1-2H3,(H,20,22)(H3,18,19,25). The number of rotatable bonds is 9. The number of hydrogen-bond acceptors (Lipinski definition) is 6. The maximum Gasteiger partial charge on any atom is 0.312 e. The number of urea groups is 1. The number of halogens is 1. The van der Waals surface area contributed by atoms with Crippen molar-refractivity contribution in [2.24, 2.45) is 5.73 Å². The number of methoxy groups -OCH3 is 1. The Morgan fingerprint density at radius 1 is 1.26 bits per heavy atom. The Kier molecular flexibility index (Phi) is 8.86. The fourth-order valence-electron chi connectivity index (χ4n) is 1.88. The molecule has 0 fully saturated rings. The van der Waals surface area contributed by atoms with Crippen LogP contribution in [0.1, 0.15) is 6.42 Å². The highest BCUT2D eigenvalue weighted by Crippen LogP contribution is 2.27. The number of anilines is 1. The zero-order valence-corrected chi connectivity index (χ0v) is 15.7. The van der Waals surface area contributed by atoms with Crippen LogP contribution < -0.4 is 21.1 Å². The molecule has 0 spiro atoms. The molecule has 0 radical (unpaired) electrons. The van der Waals surface area contributed by atoms with Gasteiger partial charge in [-0.2, -0.15) is 0 Å². The van der Waals surface area contributed by atoms with Crippen LogP contribution in [-0.4, -0.2) is 62.6 Å². The predicted octanol–water partition coefficient (Wildman–Crippen LogP) is 0.347. The average molecular weight is 401 g/mol. The van der Waals surface area contributed by atoms with Crippen molar-refractivity contribution in [3.63, 3.8) is 0 Å². The summed E-state index contributed by atoms with van der Waals surface area (Å²) in [4.78, 5) is 47.0. The van der Waals surface area contributed by atoms with Gasteiger partial charge < -0.3 is 30.7 Å². The third-order valence-electron chi connectivity index (χ3n) is 3.23. The number of carbonyl (C=O) groups is 4. The largest absolute Gasteiger partial charge is 0.495 e. The molecule has 4 N–H and O–H groups in total. The molecule has 10 nitrogen and oxygen atoms in total. The molecule has 0 aromatic heterocycles. The Morgan fingerprint density at radius 3 is 2.59 bits per heavy atom. The Morgan fingerprint density at radius 2 is 1.96 bits per heavy atom. The third-order valence-corrected chi connectivity index (χ3v) is 3.46. The van der Waals surface area contributed by atoms with Gasteiger partial charge in [-0.1, -0.05) is 11.6 Å². The lowest BCUT2D eigenvalue weighted by Gasteiger charge is -2.17. The van der Waals surface area contributed by atoms with E-state index in [4.69, 9.17) is 26.8 Å². The number of amides is 4. The molecule has 0 heterocycles. The van der Waals surface area contributed by atoms with E-state index in [1.165, 1.54) is 20.2 Å². The molecule has 0 aliphatic heterocycles. The van der Waals surface area contributed by atoms with E-state index in [1.54, 1.807) is 12.1 Å². The van der Waals surface area contributed by atoms with Gasteiger partial charge in [-0.15, -0.1) is 0 Å². The van der Waals surface area contributed by atoms with E-state index in [-0.39, 0.29) is 19.5 Å². The lowest BCUT2D eigenvalue weighted by Crippen LogP contribution is -2.37. The number of nitrogens with one attached hydrogen (secondary N) is 2. The second kappa shape index (κ2) is 10.9. The Bertz CT molecular complexity index is 712. The van der Waals surface area contributed by atoms with Crippen molar-refractivity contribution in [2.45, 2.75) is 6.42 Å². The smallest absolute Gasteiger partial charge is 0.312 e. The summed E-state index contributed by atoms with van der Waals surface area (Å²) in [6, 6.07) is 3.96. The van der Waals surface area contributed by atoms with Gasteiger partial charge in [0.05, 0.1) is 25.8 Å². The molecule has 0 bridgehead atoms. The van der Waals surface area contributed by atoms with Crippen LogP contribution in [0.15, 0.2) is 18.2 Å². The first-order valence-electron chi connectivity index (χ1n) is 7.79. The summed E-state index contributed by atoms with van der Waals surface area (Å²) in [5, 5.41) is 5.22. The molecule has 4 amide bonds. The summed E-state index contributed by atoms with van der Waals surface area (Å²) in [5.41, 5.74) is 5.22. The van der Waals surface area contributed by atoms with E-state index in [0.29, 0.717) is 16.5 Å². The van der Waals surface area contributed by atoms with Crippen LogP contribution in [0.25, 0.3) is 0 Å². The fraction of sp³-hybridized carbons (Fsp3) is 0.375. The van der Waals surface area contributed by atoms with Crippen molar-refractivity contribution in [3.8, 4) is 5.75 Å². The summed E-state index contributed by atoms with van der Waals surface area (Å²) in [5.74, 6) is -1.32. The normalized spacial score (nSPS) is 9.89. The number of likely N-dealkylation sites (N-methyl/N-ethyl adjacent to an activating group) is 1. The molecule has 1 aromatic carbocycles. The summed E-state index contributed by atoms with van der Waals surface area (Å²) < 4.78 is 9.89. The van der Waals surface area contributed by atoms with E-state index in [1.807, 2.05) is 0 Å². The highest BCUT2D eigenvalue weighted by Gasteiger charge is 2.16. The fourth-order valence-corrected chi connectivity index (χ4v) is 2.06. The molecule has 11 heteroatoms. The van der Waals surface area contributed by atoms with Crippen LogP contribution in [0, 0.1) is 0 Å². The van der Waals surface area contributed by atoms with Crippen LogP contribution in [0.4, 0.5) is 10.5 Å². The molecule has 0 atom stereocenters. The zero-order chi connectivity index (χ0) is 20.4. The highest BCUT2D eigenvalue weighted by molar-refractivity contribution is 6.31. The van der Waals surface area contributed by atoms with Gasteiger partial charge >= 0.3 is 12.0 Å². The van der Waals surface area contributed by atoms with Gasteiger partial charge in [0.1, 0.15) is 5.75 Å². The first-order valence-corrected chi connectivity index (χ1v) is 8.17. The maximum absolute atomic E-state index is 12.1. The molecule has 0 unspecified atom stereocenters. The average Bonchev–Trinajstić information content (AvgIpc) is 2.59. The van der Waals surface area contributed by atoms with E-state index in [0.717, 1.165) is 4.90 Å². The Balaban J connectivity index is 2.44. The lowest BCUT2D eigenvalue weighted by molar-refractivity contribution is -0.151. The van der Waals surface area contributed by atoms with Gasteiger partial charge in [-0.05, 0) is 18.2 Å². The van der Waals surface area contributed by atoms with Crippen molar-refractivity contribution in [2.75, 3.05) is 39.2 Å².